The van der Waals surface area contributed by atoms with E-state index in [9.17, 15) is 26.3 Å². The van der Waals surface area contributed by atoms with Crippen molar-refractivity contribution in [2.45, 2.75) is 71.0 Å². The summed E-state index contributed by atoms with van der Waals surface area (Å²) < 4.78 is 98.4. The standard InChI is InChI=1S/C30H31F6NO3/c1-5-38-26-24-15-23(37-16-19-8-6-18(2)7-9-19)10-11-25(24)40-28(3,4)27(26)39-17-20-12-21(29(31,32)33)14-22(13-20)30(34,35)36/h6-15,26-27,37H,5,16-17H2,1-4H3. The monoisotopic (exact) mass is 567 g/mol. The first kappa shape index (κ1) is 29.7. The molecule has 0 aromatic heterocycles. The number of rotatable bonds is 8. The predicted octanol–water partition coefficient (Wildman–Crippen LogP) is 8.48. The van der Waals surface area contributed by atoms with Crippen LogP contribution in [0.5, 0.6) is 5.75 Å². The molecule has 0 bridgehead atoms. The van der Waals surface area contributed by atoms with Crippen molar-refractivity contribution in [1.82, 2.24) is 0 Å². The van der Waals surface area contributed by atoms with Gasteiger partial charge in [-0.2, -0.15) is 26.3 Å². The highest BCUT2D eigenvalue weighted by Gasteiger charge is 2.46. The maximum atomic E-state index is 13.4. The van der Waals surface area contributed by atoms with E-state index in [2.05, 4.69) is 5.32 Å². The fourth-order valence-electron chi connectivity index (χ4n) is 4.69. The first-order valence-corrected chi connectivity index (χ1v) is 12.8. The second-order valence-corrected chi connectivity index (χ2v) is 10.3. The summed E-state index contributed by atoms with van der Waals surface area (Å²) in [7, 11) is 0. The molecule has 4 rings (SSSR count). The van der Waals surface area contributed by atoms with E-state index in [1.807, 2.05) is 43.3 Å². The number of nitrogens with one attached hydrogen (secondary N) is 1. The van der Waals surface area contributed by atoms with Gasteiger partial charge in [-0.05, 0) is 75.2 Å². The number of halogens is 6. The Labute approximate surface area is 229 Å². The molecule has 2 unspecified atom stereocenters. The normalized spacial score (nSPS) is 18.6. The summed E-state index contributed by atoms with van der Waals surface area (Å²) in [6, 6.07) is 15.1. The number of alkyl halides is 6. The zero-order valence-electron chi connectivity index (χ0n) is 22.5. The van der Waals surface area contributed by atoms with Crippen molar-refractivity contribution >= 4 is 5.69 Å². The Morgan fingerprint density at radius 2 is 1.45 bits per heavy atom. The van der Waals surface area contributed by atoms with Crippen molar-refractivity contribution in [3.63, 3.8) is 0 Å². The molecule has 0 radical (unpaired) electrons. The summed E-state index contributed by atoms with van der Waals surface area (Å²) in [4.78, 5) is 0. The lowest BCUT2D eigenvalue weighted by molar-refractivity contribution is -0.166. The molecule has 0 fully saturated rings. The van der Waals surface area contributed by atoms with Gasteiger partial charge in [0.25, 0.3) is 0 Å². The van der Waals surface area contributed by atoms with Crippen molar-refractivity contribution in [3.05, 3.63) is 94.0 Å². The van der Waals surface area contributed by atoms with Crippen LogP contribution in [0.2, 0.25) is 0 Å². The molecule has 216 valence electrons. The van der Waals surface area contributed by atoms with E-state index in [4.69, 9.17) is 14.2 Å². The maximum Gasteiger partial charge on any atom is 0.416 e. The van der Waals surface area contributed by atoms with Gasteiger partial charge in [0.15, 0.2) is 0 Å². The minimum atomic E-state index is -4.95. The lowest BCUT2D eigenvalue weighted by atomic mass is 9.87. The minimum Gasteiger partial charge on any atom is -0.485 e. The van der Waals surface area contributed by atoms with Gasteiger partial charge in [-0.25, -0.2) is 0 Å². The first-order chi connectivity index (χ1) is 18.7. The van der Waals surface area contributed by atoms with E-state index in [0.717, 1.165) is 16.8 Å². The van der Waals surface area contributed by atoms with E-state index in [1.165, 1.54) is 0 Å². The highest BCUT2D eigenvalue weighted by atomic mass is 19.4. The third kappa shape index (κ3) is 6.90. The Kier molecular flexibility index (Phi) is 8.42. The summed E-state index contributed by atoms with van der Waals surface area (Å²) in [6.45, 7) is 7.64. The van der Waals surface area contributed by atoms with E-state index >= 15 is 0 Å². The second-order valence-electron chi connectivity index (χ2n) is 10.3. The zero-order chi connectivity index (χ0) is 29.3. The zero-order valence-corrected chi connectivity index (χ0v) is 22.5. The maximum absolute atomic E-state index is 13.4. The van der Waals surface area contributed by atoms with Crippen LogP contribution < -0.4 is 10.1 Å². The Bertz CT molecular complexity index is 1290. The highest BCUT2D eigenvalue weighted by Crippen LogP contribution is 2.45. The van der Waals surface area contributed by atoms with Crippen molar-refractivity contribution in [3.8, 4) is 5.75 Å². The van der Waals surface area contributed by atoms with Gasteiger partial charge in [0.1, 0.15) is 23.6 Å². The van der Waals surface area contributed by atoms with E-state index in [-0.39, 0.29) is 11.6 Å². The molecule has 0 amide bonds. The number of benzene rings is 3. The topological polar surface area (TPSA) is 39.7 Å². The highest BCUT2D eigenvalue weighted by molar-refractivity contribution is 5.54. The summed E-state index contributed by atoms with van der Waals surface area (Å²) >= 11 is 0. The summed E-state index contributed by atoms with van der Waals surface area (Å²) in [5, 5.41) is 3.36. The molecule has 10 heteroatoms. The molecule has 3 aromatic rings. The summed E-state index contributed by atoms with van der Waals surface area (Å²) in [5.74, 6) is 0.558. The molecule has 1 aliphatic rings. The number of anilines is 1. The number of fused-ring (bicyclic) bond motifs is 1. The lowest BCUT2D eigenvalue weighted by Gasteiger charge is -2.44. The molecular formula is C30H31F6NO3. The third-order valence-electron chi connectivity index (χ3n) is 6.69. The smallest absolute Gasteiger partial charge is 0.416 e. The lowest BCUT2D eigenvalue weighted by Crippen LogP contribution is -2.51. The molecular weight excluding hydrogens is 536 g/mol. The quantitative estimate of drug-likeness (QED) is 0.277. The predicted molar refractivity (Wildman–Crippen MR) is 139 cm³/mol. The molecule has 1 aliphatic heterocycles. The first-order valence-electron chi connectivity index (χ1n) is 12.8. The summed E-state index contributed by atoms with van der Waals surface area (Å²) in [6.07, 6.45) is -11.4. The molecule has 0 spiro atoms. The van der Waals surface area contributed by atoms with Crippen LogP contribution in [0.1, 0.15) is 60.3 Å². The van der Waals surface area contributed by atoms with Crippen LogP contribution in [0.3, 0.4) is 0 Å². The largest absolute Gasteiger partial charge is 0.485 e. The van der Waals surface area contributed by atoms with Gasteiger partial charge in [0.2, 0.25) is 0 Å². The Hall–Kier alpha value is -3.24. The fraction of sp³-hybridized carbons (Fsp3) is 0.400. The van der Waals surface area contributed by atoms with Gasteiger partial charge in [-0.1, -0.05) is 29.8 Å². The minimum absolute atomic E-state index is 0.0987. The van der Waals surface area contributed by atoms with Crippen LogP contribution in [0, 0.1) is 6.92 Å². The fourth-order valence-corrected chi connectivity index (χ4v) is 4.69. The molecule has 0 aliphatic carbocycles. The Morgan fingerprint density at radius 3 is 2.02 bits per heavy atom. The molecule has 2 atom stereocenters. The number of hydrogen-bond acceptors (Lipinski definition) is 4. The molecule has 1 heterocycles. The van der Waals surface area contributed by atoms with Gasteiger partial charge in [0, 0.05) is 24.4 Å². The molecule has 4 nitrogen and oxygen atoms in total. The van der Waals surface area contributed by atoms with Crippen molar-refractivity contribution in [1.29, 1.82) is 0 Å². The van der Waals surface area contributed by atoms with Crippen LogP contribution in [-0.4, -0.2) is 18.3 Å². The van der Waals surface area contributed by atoms with E-state index in [0.29, 0.717) is 36.6 Å². The number of hydrogen-bond donors (Lipinski definition) is 1. The van der Waals surface area contributed by atoms with Crippen molar-refractivity contribution in [2.24, 2.45) is 0 Å². The average Bonchev–Trinajstić information content (AvgIpc) is 2.86. The Morgan fingerprint density at radius 1 is 0.825 bits per heavy atom. The van der Waals surface area contributed by atoms with Crippen LogP contribution >= 0.6 is 0 Å². The number of ether oxygens (including phenoxy) is 3. The average molecular weight is 568 g/mol. The van der Waals surface area contributed by atoms with Crippen LogP contribution in [0.4, 0.5) is 32.0 Å². The van der Waals surface area contributed by atoms with Gasteiger partial charge < -0.3 is 19.5 Å². The van der Waals surface area contributed by atoms with Crippen molar-refractivity contribution < 1.29 is 40.6 Å². The van der Waals surface area contributed by atoms with Gasteiger partial charge >= 0.3 is 12.4 Å². The molecule has 0 saturated carbocycles. The van der Waals surface area contributed by atoms with Crippen molar-refractivity contribution in [2.75, 3.05) is 11.9 Å². The SMILES string of the molecule is CCOC1c2cc(NCc3ccc(C)cc3)ccc2OC(C)(C)C1OCc1cc(C(F)(F)F)cc(C(F)(F)F)c1. The van der Waals surface area contributed by atoms with Crippen LogP contribution in [0.15, 0.2) is 60.7 Å². The number of aryl methyl sites for hydroxylation is 1. The summed E-state index contributed by atoms with van der Waals surface area (Å²) in [5.41, 5.74) is -0.346. The third-order valence-corrected chi connectivity index (χ3v) is 6.69. The molecule has 3 aromatic carbocycles. The van der Waals surface area contributed by atoms with Crippen LogP contribution in [-0.2, 0) is 35.0 Å². The van der Waals surface area contributed by atoms with Crippen LogP contribution in [0.25, 0.3) is 0 Å². The van der Waals surface area contributed by atoms with Gasteiger partial charge in [-0.15, -0.1) is 0 Å². The Balaban J connectivity index is 1.60. The van der Waals surface area contributed by atoms with E-state index < -0.39 is 47.9 Å². The molecule has 0 saturated heterocycles. The molecule has 1 N–H and O–H groups in total. The second kappa shape index (κ2) is 11.3. The van der Waals surface area contributed by atoms with Gasteiger partial charge in [-0.3, -0.25) is 0 Å². The van der Waals surface area contributed by atoms with E-state index in [1.54, 1.807) is 26.8 Å². The molecule has 40 heavy (non-hydrogen) atoms. The van der Waals surface area contributed by atoms with Gasteiger partial charge in [0.05, 0.1) is 17.7 Å².